The fraction of sp³-hybridized carbons (Fsp3) is 0.379. The first-order valence-electron chi connectivity index (χ1n) is 12.5. The number of nitrogens with one attached hydrogen (secondary N) is 2. The van der Waals surface area contributed by atoms with Crippen LogP contribution in [0.5, 0.6) is 0 Å². The lowest BCUT2D eigenvalue weighted by Crippen LogP contribution is -2.42. The van der Waals surface area contributed by atoms with E-state index in [0.29, 0.717) is 6.04 Å². The van der Waals surface area contributed by atoms with Gasteiger partial charge in [-0.25, -0.2) is 4.79 Å². The third-order valence-electron chi connectivity index (χ3n) is 6.47. The quantitative estimate of drug-likeness (QED) is 0.454. The van der Waals surface area contributed by atoms with E-state index < -0.39 is 0 Å². The van der Waals surface area contributed by atoms with Crippen molar-refractivity contribution in [2.24, 2.45) is 0 Å². The Labute approximate surface area is 203 Å². The first kappa shape index (κ1) is 24.0. The molecule has 1 aliphatic rings. The monoisotopic (exact) mass is 456 g/mol. The maximum atomic E-state index is 12.7. The van der Waals surface area contributed by atoms with Gasteiger partial charge in [-0.2, -0.15) is 0 Å². The number of pyridine rings is 1. The number of hydrogen-bond donors (Lipinski definition) is 2. The van der Waals surface area contributed by atoms with Crippen LogP contribution in [0.2, 0.25) is 0 Å². The van der Waals surface area contributed by atoms with Gasteiger partial charge < -0.3 is 10.6 Å². The van der Waals surface area contributed by atoms with Crippen LogP contribution in [0, 0.1) is 6.92 Å². The highest BCUT2D eigenvalue weighted by molar-refractivity contribution is 5.89. The minimum atomic E-state index is -0.137. The van der Waals surface area contributed by atoms with E-state index in [4.69, 9.17) is 0 Å². The smallest absolute Gasteiger partial charge is 0.319 e. The Morgan fingerprint density at radius 1 is 1.03 bits per heavy atom. The average Bonchev–Trinajstić information content (AvgIpc) is 3.28. The summed E-state index contributed by atoms with van der Waals surface area (Å²) in [7, 11) is 0. The molecule has 0 saturated carbocycles. The van der Waals surface area contributed by atoms with Crippen molar-refractivity contribution in [1.82, 2.24) is 15.2 Å². The molecule has 2 heterocycles. The topological polar surface area (TPSA) is 57.3 Å². The number of aromatic nitrogens is 1. The van der Waals surface area contributed by atoms with Crippen molar-refractivity contribution in [3.05, 3.63) is 95.3 Å². The minimum absolute atomic E-state index is 0.137. The van der Waals surface area contributed by atoms with Gasteiger partial charge in [0, 0.05) is 42.2 Å². The Balaban J connectivity index is 1.37. The molecule has 1 aliphatic heterocycles. The molecular formula is C29H36N4O. The van der Waals surface area contributed by atoms with Crippen LogP contribution in [-0.2, 0) is 19.3 Å². The maximum Gasteiger partial charge on any atom is 0.319 e. The fourth-order valence-corrected chi connectivity index (χ4v) is 4.89. The zero-order valence-electron chi connectivity index (χ0n) is 20.3. The van der Waals surface area contributed by atoms with Crippen molar-refractivity contribution >= 4 is 11.7 Å². The van der Waals surface area contributed by atoms with Crippen LogP contribution in [0.1, 0.15) is 42.3 Å². The second-order valence-electron chi connectivity index (χ2n) is 9.35. The van der Waals surface area contributed by atoms with E-state index in [0.717, 1.165) is 62.3 Å². The molecule has 3 aromatic rings. The molecule has 0 aliphatic carbocycles. The Hall–Kier alpha value is -3.18. The second kappa shape index (κ2) is 11.8. The van der Waals surface area contributed by atoms with E-state index in [1.807, 2.05) is 19.1 Å². The molecule has 0 spiro atoms. The Bertz CT molecular complexity index is 1010. The molecule has 1 saturated heterocycles. The molecule has 0 bridgehead atoms. The summed E-state index contributed by atoms with van der Waals surface area (Å²) in [6, 6.07) is 25.7. The lowest BCUT2D eigenvalue weighted by molar-refractivity contribution is 0.229. The lowest BCUT2D eigenvalue weighted by Gasteiger charge is -2.28. The van der Waals surface area contributed by atoms with Crippen molar-refractivity contribution < 1.29 is 4.79 Å². The number of amides is 2. The summed E-state index contributed by atoms with van der Waals surface area (Å²) < 4.78 is 0. The Morgan fingerprint density at radius 2 is 1.68 bits per heavy atom. The van der Waals surface area contributed by atoms with Gasteiger partial charge in [0.15, 0.2) is 0 Å². The highest BCUT2D eigenvalue weighted by atomic mass is 16.2. The third kappa shape index (κ3) is 6.91. The lowest BCUT2D eigenvalue weighted by atomic mass is 9.98. The van der Waals surface area contributed by atoms with Gasteiger partial charge in [0.05, 0.1) is 0 Å². The number of carbonyl (C=O) groups is 1. The van der Waals surface area contributed by atoms with E-state index in [1.165, 1.54) is 11.1 Å². The van der Waals surface area contributed by atoms with Gasteiger partial charge in [0.2, 0.25) is 0 Å². The number of rotatable bonds is 9. The zero-order chi connectivity index (χ0) is 23.8. The van der Waals surface area contributed by atoms with Crippen LogP contribution in [0.3, 0.4) is 0 Å². The molecule has 2 amide bonds. The number of urea groups is 1. The molecule has 1 aromatic heterocycles. The summed E-state index contributed by atoms with van der Waals surface area (Å²) in [6.07, 6.45) is 4.92. The molecule has 34 heavy (non-hydrogen) atoms. The van der Waals surface area contributed by atoms with Crippen molar-refractivity contribution in [1.29, 1.82) is 0 Å². The number of aryl methyl sites for hydroxylation is 2. The minimum Gasteiger partial charge on any atom is -0.334 e. The standard InChI is InChI=1S/C29H36N4O/c1-3-10-25-20-27(17-22(2)30-25)32-29(34)31-26-15-16-33(21-26)28(18-23-11-6-4-7-12-23)19-24-13-8-5-9-14-24/h4-9,11-14,17,20,26,28H,3,10,15-16,18-19,21H2,1-2H3,(H2,30,31,32,34)/t26-/m0/s1. The number of likely N-dealkylation sites (tertiary alicyclic amines) is 1. The van der Waals surface area contributed by atoms with Crippen LogP contribution in [-0.4, -0.2) is 41.1 Å². The molecule has 1 fully saturated rings. The normalized spacial score (nSPS) is 16.0. The summed E-state index contributed by atoms with van der Waals surface area (Å²) >= 11 is 0. The Kier molecular flexibility index (Phi) is 8.31. The van der Waals surface area contributed by atoms with E-state index in [2.05, 4.69) is 88.1 Å². The molecule has 5 nitrogen and oxygen atoms in total. The highest BCUT2D eigenvalue weighted by Gasteiger charge is 2.29. The van der Waals surface area contributed by atoms with Crippen molar-refractivity contribution in [3.8, 4) is 0 Å². The number of hydrogen-bond acceptors (Lipinski definition) is 3. The van der Waals surface area contributed by atoms with Crippen molar-refractivity contribution in [2.45, 2.75) is 58.0 Å². The molecule has 0 radical (unpaired) electrons. The number of carbonyl (C=O) groups excluding carboxylic acids is 1. The summed E-state index contributed by atoms with van der Waals surface area (Å²) in [4.78, 5) is 19.8. The molecule has 2 N–H and O–H groups in total. The molecule has 2 aromatic carbocycles. The van der Waals surface area contributed by atoms with Gasteiger partial charge in [-0.1, -0.05) is 74.0 Å². The number of nitrogens with zero attached hydrogens (tertiary/aromatic N) is 2. The summed E-state index contributed by atoms with van der Waals surface area (Å²) in [6.45, 7) is 5.97. The molecule has 0 unspecified atom stereocenters. The van der Waals surface area contributed by atoms with Gasteiger partial charge in [-0.05, 0) is 55.9 Å². The molecule has 5 heteroatoms. The van der Waals surface area contributed by atoms with Crippen LogP contribution in [0.4, 0.5) is 10.5 Å². The van der Waals surface area contributed by atoms with E-state index in [-0.39, 0.29) is 12.1 Å². The van der Waals surface area contributed by atoms with Crippen molar-refractivity contribution in [2.75, 3.05) is 18.4 Å². The first-order valence-corrected chi connectivity index (χ1v) is 12.5. The van der Waals surface area contributed by atoms with Crippen LogP contribution < -0.4 is 10.6 Å². The highest BCUT2D eigenvalue weighted by Crippen LogP contribution is 2.20. The third-order valence-corrected chi connectivity index (χ3v) is 6.47. The molecular weight excluding hydrogens is 420 g/mol. The fourth-order valence-electron chi connectivity index (χ4n) is 4.89. The van der Waals surface area contributed by atoms with E-state index in [9.17, 15) is 4.79 Å². The number of benzene rings is 2. The number of anilines is 1. The summed E-state index contributed by atoms with van der Waals surface area (Å²) in [5.41, 5.74) is 5.48. The van der Waals surface area contributed by atoms with Gasteiger partial charge in [-0.3, -0.25) is 9.88 Å². The largest absolute Gasteiger partial charge is 0.334 e. The maximum absolute atomic E-state index is 12.7. The molecule has 178 valence electrons. The zero-order valence-corrected chi connectivity index (χ0v) is 20.3. The van der Waals surface area contributed by atoms with Crippen molar-refractivity contribution in [3.63, 3.8) is 0 Å². The summed E-state index contributed by atoms with van der Waals surface area (Å²) in [5, 5.41) is 6.22. The van der Waals surface area contributed by atoms with Crippen LogP contribution >= 0.6 is 0 Å². The van der Waals surface area contributed by atoms with Gasteiger partial charge >= 0.3 is 6.03 Å². The second-order valence-corrected chi connectivity index (χ2v) is 9.35. The molecule has 1 atom stereocenters. The molecule has 4 rings (SSSR count). The van der Waals surface area contributed by atoms with Crippen LogP contribution in [0.25, 0.3) is 0 Å². The average molecular weight is 457 g/mol. The van der Waals surface area contributed by atoms with E-state index >= 15 is 0 Å². The van der Waals surface area contributed by atoms with Gasteiger partial charge in [0.1, 0.15) is 0 Å². The summed E-state index contributed by atoms with van der Waals surface area (Å²) in [5.74, 6) is 0. The first-order chi connectivity index (χ1) is 16.6. The van der Waals surface area contributed by atoms with Gasteiger partial charge in [-0.15, -0.1) is 0 Å². The Morgan fingerprint density at radius 3 is 2.29 bits per heavy atom. The SMILES string of the molecule is CCCc1cc(NC(=O)N[C@H]2CCN(C(Cc3ccccc3)Cc3ccccc3)C2)cc(C)n1. The predicted octanol–water partition coefficient (Wildman–Crippen LogP) is 5.39. The van der Waals surface area contributed by atoms with Gasteiger partial charge in [0.25, 0.3) is 0 Å². The predicted molar refractivity (Wildman–Crippen MR) is 139 cm³/mol. The van der Waals surface area contributed by atoms with Crippen LogP contribution in [0.15, 0.2) is 72.8 Å². The van der Waals surface area contributed by atoms with E-state index in [1.54, 1.807) is 0 Å².